The summed E-state index contributed by atoms with van der Waals surface area (Å²) in [6.45, 7) is 8.71. The van der Waals surface area contributed by atoms with E-state index in [0.29, 0.717) is 44.9 Å². The second-order valence-corrected chi connectivity index (χ2v) is 12.1. The summed E-state index contributed by atoms with van der Waals surface area (Å²) in [6, 6.07) is 4.19. The van der Waals surface area contributed by atoms with Gasteiger partial charge in [-0.3, -0.25) is 14.2 Å². The van der Waals surface area contributed by atoms with Gasteiger partial charge in [-0.1, -0.05) is 25.2 Å². The summed E-state index contributed by atoms with van der Waals surface area (Å²) in [5, 5.41) is 18.9. The van der Waals surface area contributed by atoms with Crippen molar-refractivity contribution in [1.29, 1.82) is 0 Å². The molecule has 0 unspecified atom stereocenters. The molecule has 3 aromatic heterocycles. The Kier molecular flexibility index (Phi) is 8.93. The Balaban J connectivity index is 2.03. The van der Waals surface area contributed by atoms with Gasteiger partial charge in [-0.05, 0) is 57.7 Å². The van der Waals surface area contributed by atoms with Crippen LogP contribution in [0.2, 0.25) is 0 Å². The van der Waals surface area contributed by atoms with Crippen molar-refractivity contribution in [2.45, 2.75) is 71.9 Å². The van der Waals surface area contributed by atoms with Crippen molar-refractivity contribution in [1.82, 2.24) is 24.1 Å². The average molecular weight is 586 g/mol. The maximum atomic E-state index is 14.4. The van der Waals surface area contributed by atoms with Crippen LogP contribution in [0.4, 0.5) is 4.39 Å². The number of thiophene rings is 1. The number of aliphatic hydroxyl groups is 1. The molecule has 220 valence electrons. The minimum atomic E-state index is -1.43. The normalized spacial score (nSPS) is 12.8. The number of halogens is 1. The molecule has 0 spiro atoms. The maximum Gasteiger partial charge on any atom is 0.333 e. The van der Waals surface area contributed by atoms with E-state index in [9.17, 15) is 23.9 Å². The average Bonchev–Trinajstić information content (AvgIpc) is 3.56. The van der Waals surface area contributed by atoms with Crippen LogP contribution in [0.5, 0.6) is 5.75 Å². The van der Waals surface area contributed by atoms with Crippen LogP contribution in [-0.4, -0.2) is 48.7 Å². The molecule has 0 saturated carbocycles. The first-order valence-corrected chi connectivity index (χ1v) is 14.4. The number of carbonyl (C=O) groups is 1. The highest BCUT2D eigenvalue weighted by Gasteiger charge is 2.36. The Morgan fingerprint density at radius 1 is 1.20 bits per heavy atom. The molecule has 41 heavy (non-hydrogen) atoms. The molecule has 1 atom stereocenters. The number of hydrogen-bond acceptors (Lipinski definition) is 8. The molecule has 0 amide bonds. The van der Waals surface area contributed by atoms with Crippen LogP contribution in [-0.2, 0) is 16.9 Å². The molecule has 0 fully saturated rings. The van der Waals surface area contributed by atoms with Gasteiger partial charge in [0.1, 0.15) is 26.9 Å². The third-order valence-electron chi connectivity index (χ3n) is 7.37. The number of Topliss-reactive ketones (excluding diaryl/α,β-unsaturated/α-hetero) is 1. The molecule has 3 heterocycles. The lowest BCUT2D eigenvalue weighted by Gasteiger charge is -2.28. The number of ether oxygens (including phenoxy) is 1. The number of aryl methyl sites for hydroxylation is 1. The summed E-state index contributed by atoms with van der Waals surface area (Å²) in [4.78, 5) is 43.6. The third kappa shape index (κ3) is 5.76. The number of carbonyl (C=O) groups excluding carboxylic acids is 1. The number of hydrogen-bond donors (Lipinski definition) is 1. The van der Waals surface area contributed by atoms with E-state index in [2.05, 4.69) is 10.2 Å². The van der Waals surface area contributed by atoms with Crippen molar-refractivity contribution in [3.63, 3.8) is 0 Å². The molecule has 4 aromatic rings. The predicted octanol–water partition coefficient (Wildman–Crippen LogP) is 4.17. The van der Waals surface area contributed by atoms with E-state index in [0.717, 1.165) is 4.57 Å². The fourth-order valence-electron chi connectivity index (χ4n) is 5.17. The van der Waals surface area contributed by atoms with Crippen molar-refractivity contribution in [3.8, 4) is 10.8 Å². The fraction of sp³-hybridized carbons (Fsp3) is 0.483. The number of ketones is 1. The zero-order valence-corrected chi connectivity index (χ0v) is 25.0. The predicted molar refractivity (Wildman–Crippen MR) is 156 cm³/mol. The number of benzene rings is 1. The standard InChI is InChI=1S/C29H36FN5O5S/c1-17(2)14-23(37)29(4,5)34-25(38)24-18(3)26(35-31-11-12-32-35)41-27(24)33(28(34)39)16-19(8-7-13-36)21-15-20(30)9-10-22(21)40-6/h9-12,15,17,19,36H,7-8,13-14,16H2,1-6H3/t19-/m0/s1. The number of nitrogens with zero attached hydrogens (tertiary/aromatic N) is 5. The molecule has 0 radical (unpaired) electrons. The summed E-state index contributed by atoms with van der Waals surface area (Å²) >= 11 is 1.20. The van der Waals surface area contributed by atoms with E-state index in [1.807, 2.05) is 13.8 Å². The van der Waals surface area contributed by atoms with E-state index >= 15 is 0 Å². The van der Waals surface area contributed by atoms with Crippen molar-refractivity contribution in [2.24, 2.45) is 5.92 Å². The number of aliphatic hydroxyl groups excluding tert-OH is 1. The van der Waals surface area contributed by atoms with Gasteiger partial charge in [0.05, 0.1) is 24.9 Å². The molecule has 0 aliphatic rings. The lowest BCUT2D eigenvalue weighted by atomic mass is 9.91. The molecular weight excluding hydrogens is 549 g/mol. The minimum Gasteiger partial charge on any atom is -0.496 e. The van der Waals surface area contributed by atoms with E-state index in [4.69, 9.17) is 4.74 Å². The highest BCUT2D eigenvalue weighted by atomic mass is 32.1. The van der Waals surface area contributed by atoms with Crippen LogP contribution in [0.25, 0.3) is 15.2 Å². The van der Waals surface area contributed by atoms with Crippen molar-refractivity contribution in [3.05, 3.63) is 68.4 Å². The van der Waals surface area contributed by atoms with Gasteiger partial charge in [0, 0.05) is 36.6 Å². The number of rotatable bonds is 12. The van der Waals surface area contributed by atoms with Gasteiger partial charge in [0.25, 0.3) is 5.56 Å². The van der Waals surface area contributed by atoms with E-state index < -0.39 is 28.5 Å². The van der Waals surface area contributed by atoms with E-state index in [1.54, 1.807) is 20.8 Å². The monoisotopic (exact) mass is 585 g/mol. The molecule has 12 heteroatoms. The highest BCUT2D eigenvalue weighted by Crippen LogP contribution is 2.35. The first-order chi connectivity index (χ1) is 19.4. The summed E-state index contributed by atoms with van der Waals surface area (Å²) in [5.41, 5.74) is -1.52. The van der Waals surface area contributed by atoms with Gasteiger partial charge in [0.2, 0.25) is 0 Å². The van der Waals surface area contributed by atoms with Crippen LogP contribution in [0.3, 0.4) is 0 Å². The molecule has 0 aliphatic heterocycles. The molecule has 0 bridgehead atoms. The quantitative estimate of drug-likeness (QED) is 0.265. The van der Waals surface area contributed by atoms with Crippen LogP contribution in [0.1, 0.15) is 64.0 Å². The van der Waals surface area contributed by atoms with E-state index in [1.165, 1.54) is 58.4 Å². The lowest BCUT2D eigenvalue weighted by Crippen LogP contribution is -2.53. The third-order valence-corrected chi connectivity index (χ3v) is 8.65. The number of aromatic nitrogens is 5. The maximum absolute atomic E-state index is 14.4. The summed E-state index contributed by atoms with van der Waals surface area (Å²) < 4.78 is 22.5. The Morgan fingerprint density at radius 2 is 1.88 bits per heavy atom. The van der Waals surface area contributed by atoms with Crippen molar-refractivity contribution in [2.75, 3.05) is 13.7 Å². The molecule has 10 nitrogen and oxygen atoms in total. The molecular formula is C29H36FN5O5S. The molecule has 1 aromatic carbocycles. The van der Waals surface area contributed by atoms with Crippen LogP contribution in [0, 0.1) is 18.7 Å². The van der Waals surface area contributed by atoms with Gasteiger partial charge in [-0.2, -0.15) is 10.2 Å². The molecule has 1 N–H and O–H groups in total. The molecule has 4 rings (SSSR count). The Morgan fingerprint density at radius 3 is 2.49 bits per heavy atom. The van der Waals surface area contributed by atoms with E-state index in [-0.39, 0.29) is 31.3 Å². The topological polar surface area (TPSA) is 121 Å². The molecule has 0 aliphatic carbocycles. The Hall–Kier alpha value is -3.64. The van der Waals surface area contributed by atoms with Crippen LogP contribution in [0.15, 0.2) is 40.2 Å². The summed E-state index contributed by atoms with van der Waals surface area (Å²) in [5.74, 6) is -0.669. The lowest BCUT2D eigenvalue weighted by molar-refractivity contribution is -0.127. The van der Waals surface area contributed by atoms with Crippen molar-refractivity contribution < 1.29 is 19.0 Å². The van der Waals surface area contributed by atoms with Gasteiger partial charge in [-0.15, -0.1) is 4.80 Å². The Labute approximate surface area is 241 Å². The van der Waals surface area contributed by atoms with Crippen molar-refractivity contribution >= 4 is 27.3 Å². The van der Waals surface area contributed by atoms with Gasteiger partial charge < -0.3 is 9.84 Å². The first-order valence-electron chi connectivity index (χ1n) is 13.6. The van der Waals surface area contributed by atoms with Gasteiger partial charge in [0.15, 0.2) is 5.78 Å². The second-order valence-electron chi connectivity index (χ2n) is 11.1. The van der Waals surface area contributed by atoms with Crippen LogP contribution < -0.4 is 16.0 Å². The first kappa shape index (κ1) is 30.3. The zero-order valence-electron chi connectivity index (χ0n) is 24.2. The number of fused-ring (bicyclic) bond motifs is 1. The van der Waals surface area contributed by atoms with Gasteiger partial charge in [-0.25, -0.2) is 13.8 Å². The fourth-order valence-corrected chi connectivity index (χ4v) is 6.39. The van der Waals surface area contributed by atoms with Crippen LogP contribution >= 0.6 is 11.3 Å². The van der Waals surface area contributed by atoms with Gasteiger partial charge >= 0.3 is 5.69 Å². The highest BCUT2D eigenvalue weighted by molar-refractivity contribution is 7.21. The summed E-state index contributed by atoms with van der Waals surface area (Å²) in [7, 11) is 1.49. The Bertz CT molecular complexity index is 1670. The summed E-state index contributed by atoms with van der Waals surface area (Å²) in [6.07, 6.45) is 4.04. The SMILES string of the molecule is COc1ccc(F)cc1[C@@H](CCCO)Cn1c(=O)n(C(C)(C)C(=O)CC(C)C)c(=O)c2c(C)c(-n3nccn3)sc21. The smallest absolute Gasteiger partial charge is 0.333 e. The second kappa shape index (κ2) is 12.1. The number of methoxy groups -OCH3 is 1. The molecule has 0 saturated heterocycles. The zero-order chi connectivity index (χ0) is 30.1. The minimum absolute atomic E-state index is 0.0344. The largest absolute Gasteiger partial charge is 0.496 e.